The Hall–Kier alpha value is -2.32. The zero-order valence-electron chi connectivity index (χ0n) is 19.8. The molecular weight excluding hydrogens is 407 g/mol. The van der Waals surface area contributed by atoms with Crippen LogP contribution in [0.15, 0.2) is 24.5 Å². The van der Waals surface area contributed by atoms with Crippen molar-refractivity contribution in [1.29, 1.82) is 0 Å². The fourth-order valence-electron chi connectivity index (χ4n) is 3.77. The number of hydrogen-bond acceptors (Lipinski definition) is 7. The Labute approximate surface area is 190 Å². The molecule has 2 aromatic rings. The molecule has 2 saturated carbocycles. The first kappa shape index (κ1) is 22.9. The van der Waals surface area contributed by atoms with Crippen molar-refractivity contribution in [2.75, 3.05) is 14.2 Å². The highest BCUT2D eigenvalue weighted by Gasteiger charge is 2.52. The normalized spacial score (nSPS) is 21.0. The van der Waals surface area contributed by atoms with Crippen LogP contribution in [0, 0.1) is 0 Å². The predicted molar refractivity (Wildman–Crippen MR) is 123 cm³/mol. The van der Waals surface area contributed by atoms with Crippen molar-refractivity contribution in [3.05, 3.63) is 35.7 Å². The van der Waals surface area contributed by atoms with Crippen molar-refractivity contribution in [1.82, 2.24) is 9.97 Å². The number of nitrogens with zero attached hydrogens (tertiary/aromatic N) is 2. The molecule has 1 aliphatic heterocycles. The van der Waals surface area contributed by atoms with Crippen molar-refractivity contribution in [2.45, 2.75) is 76.4 Å². The molecule has 2 aromatic heterocycles. The molecule has 8 heteroatoms. The van der Waals surface area contributed by atoms with Crippen molar-refractivity contribution in [3.8, 4) is 17.5 Å². The molecule has 7 nitrogen and oxygen atoms in total. The van der Waals surface area contributed by atoms with Crippen LogP contribution in [-0.4, -0.2) is 47.6 Å². The van der Waals surface area contributed by atoms with Gasteiger partial charge in [0.1, 0.15) is 5.75 Å². The molecule has 2 aliphatic carbocycles. The molecule has 1 saturated heterocycles. The van der Waals surface area contributed by atoms with E-state index in [4.69, 9.17) is 18.8 Å². The summed E-state index contributed by atoms with van der Waals surface area (Å²) >= 11 is 0. The van der Waals surface area contributed by atoms with Crippen LogP contribution in [0.5, 0.6) is 17.5 Å². The third kappa shape index (κ3) is 4.71. The van der Waals surface area contributed by atoms with E-state index in [9.17, 15) is 5.11 Å². The average Bonchev–Trinajstić information content (AvgIpc) is 3.65. The standard InChI is InChI=1S/C15H22BNO3.C9H11NO2/c1-14(2)15(3,4)20-16(19-14)11-8-12(10-6-7-10)13(18-5)17-9-11;1-12-9-8(6-2-3-6)4-7(11)5-10-9/h8-10H,6-7H2,1-5H3;4-6,11H,2-3H2,1H3. The van der Waals surface area contributed by atoms with Crippen molar-refractivity contribution >= 4 is 12.6 Å². The number of aromatic hydroxyl groups is 1. The maximum absolute atomic E-state index is 9.19. The lowest BCUT2D eigenvalue weighted by Gasteiger charge is -2.32. The van der Waals surface area contributed by atoms with Crippen LogP contribution >= 0.6 is 0 Å². The van der Waals surface area contributed by atoms with Gasteiger partial charge in [0.05, 0.1) is 31.6 Å². The largest absolute Gasteiger partial charge is 0.506 e. The summed E-state index contributed by atoms with van der Waals surface area (Å²) < 4.78 is 22.6. The fraction of sp³-hybridized carbons (Fsp3) is 0.583. The lowest BCUT2D eigenvalue weighted by Crippen LogP contribution is -2.41. The molecule has 3 heterocycles. The zero-order chi connectivity index (χ0) is 23.1. The molecule has 1 N–H and O–H groups in total. The van der Waals surface area contributed by atoms with Crippen molar-refractivity contribution < 1.29 is 23.9 Å². The van der Waals surface area contributed by atoms with Crippen LogP contribution in [0.25, 0.3) is 0 Å². The minimum absolute atomic E-state index is 0.220. The summed E-state index contributed by atoms with van der Waals surface area (Å²) in [5.74, 6) is 2.74. The molecule has 5 rings (SSSR count). The van der Waals surface area contributed by atoms with Gasteiger partial charge in [-0.05, 0) is 71.3 Å². The van der Waals surface area contributed by atoms with Crippen molar-refractivity contribution in [3.63, 3.8) is 0 Å². The Kier molecular flexibility index (Phi) is 6.11. The zero-order valence-corrected chi connectivity index (χ0v) is 19.8. The number of rotatable bonds is 5. The Bertz CT molecular complexity index is 957. The molecule has 0 spiro atoms. The van der Waals surface area contributed by atoms with E-state index < -0.39 is 0 Å². The first-order chi connectivity index (χ1) is 15.1. The molecule has 3 fully saturated rings. The highest BCUT2D eigenvalue weighted by atomic mass is 16.7. The lowest BCUT2D eigenvalue weighted by atomic mass is 9.79. The Morgan fingerprint density at radius 2 is 1.31 bits per heavy atom. The molecular formula is C24H33BN2O5. The van der Waals surface area contributed by atoms with Gasteiger partial charge < -0.3 is 23.9 Å². The molecule has 0 bridgehead atoms. The lowest BCUT2D eigenvalue weighted by molar-refractivity contribution is 0.00578. The second-order valence-corrected chi connectivity index (χ2v) is 9.80. The molecule has 32 heavy (non-hydrogen) atoms. The van der Waals surface area contributed by atoms with Gasteiger partial charge in [0.2, 0.25) is 11.8 Å². The molecule has 0 unspecified atom stereocenters. The summed E-state index contributed by atoms with van der Waals surface area (Å²) in [6, 6.07) is 3.87. The molecule has 172 valence electrons. The van der Waals surface area contributed by atoms with E-state index >= 15 is 0 Å². The van der Waals surface area contributed by atoms with Gasteiger partial charge in [0.15, 0.2) is 0 Å². The van der Waals surface area contributed by atoms with Crippen LogP contribution in [0.1, 0.15) is 76.3 Å². The highest BCUT2D eigenvalue weighted by molar-refractivity contribution is 6.62. The summed E-state index contributed by atoms with van der Waals surface area (Å²) in [4.78, 5) is 8.40. The average molecular weight is 440 g/mol. The third-order valence-electron chi connectivity index (χ3n) is 6.71. The molecule has 0 atom stereocenters. The minimum atomic E-state index is -0.351. The maximum Gasteiger partial charge on any atom is 0.496 e. The van der Waals surface area contributed by atoms with Gasteiger partial charge in [0.25, 0.3) is 0 Å². The number of ether oxygens (including phenoxy) is 2. The summed E-state index contributed by atoms with van der Waals surface area (Å²) in [5, 5.41) is 9.19. The first-order valence-electron chi connectivity index (χ1n) is 11.3. The van der Waals surface area contributed by atoms with E-state index in [2.05, 4.69) is 43.7 Å². The van der Waals surface area contributed by atoms with Crippen LogP contribution in [-0.2, 0) is 9.31 Å². The van der Waals surface area contributed by atoms with Gasteiger partial charge in [-0.25, -0.2) is 9.97 Å². The summed E-state index contributed by atoms with van der Waals surface area (Å²) in [5.41, 5.74) is 2.55. The smallest absolute Gasteiger partial charge is 0.496 e. The van der Waals surface area contributed by atoms with Gasteiger partial charge in [-0.1, -0.05) is 6.07 Å². The van der Waals surface area contributed by atoms with Crippen molar-refractivity contribution in [2.24, 2.45) is 0 Å². The van der Waals surface area contributed by atoms with Gasteiger partial charge >= 0.3 is 7.12 Å². The van der Waals surface area contributed by atoms with Gasteiger partial charge in [-0.2, -0.15) is 0 Å². The van der Waals surface area contributed by atoms with E-state index in [1.807, 2.05) is 0 Å². The number of methoxy groups -OCH3 is 2. The molecule has 0 radical (unpaired) electrons. The topological polar surface area (TPSA) is 82.9 Å². The summed E-state index contributed by atoms with van der Waals surface area (Å²) in [6.07, 6.45) is 8.00. The highest BCUT2D eigenvalue weighted by Crippen LogP contribution is 2.45. The predicted octanol–water partition coefficient (Wildman–Crippen LogP) is 3.94. The number of aromatic nitrogens is 2. The fourth-order valence-corrected chi connectivity index (χ4v) is 3.77. The maximum atomic E-state index is 9.19. The van der Waals surface area contributed by atoms with Crippen LogP contribution in [0.4, 0.5) is 0 Å². The molecule has 0 aromatic carbocycles. The van der Waals surface area contributed by atoms with Crippen LogP contribution < -0.4 is 14.9 Å². The van der Waals surface area contributed by atoms with E-state index in [0.717, 1.165) is 16.9 Å². The Balaban J connectivity index is 0.000000174. The molecule has 3 aliphatic rings. The summed E-state index contributed by atoms with van der Waals surface area (Å²) in [7, 11) is 2.92. The van der Waals surface area contributed by atoms with E-state index in [1.165, 1.54) is 37.4 Å². The molecule has 0 amide bonds. The third-order valence-corrected chi connectivity index (χ3v) is 6.71. The van der Waals surface area contributed by atoms with Gasteiger partial charge in [-0.15, -0.1) is 0 Å². The van der Waals surface area contributed by atoms with Crippen LogP contribution in [0.3, 0.4) is 0 Å². The monoisotopic (exact) mass is 440 g/mol. The quantitative estimate of drug-likeness (QED) is 0.706. The van der Waals surface area contributed by atoms with Gasteiger partial charge in [-0.3, -0.25) is 0 Å². The van der Waals surface area contributed by atoms with Gasteiger partial charge in [0, 0.05) is 22.8 Å². The minimum Gasteiger partial charge on any atom is -0.506 e. The first-order valence-corrected chi connectivity index (χ1v) is 11.3. The number of pyridine rings is 2. The van der Waals surface area contributed by atoms with Crippen LogP contribution in [0.2, 0.25) is 0 Å². The SMILES string of the molecule is COc1ncc(B2OC(C)(C)C(C)(C)O2)cc1C1CC1.COc1ncc(O)cc1C1CC1. The van der Waals surface area contributed by atoms with E-state index in [1.54, 1.807) is 26.5 Å². The second kappa shape index (κ2) is 8.56. The Morgan fingerprint density at radius 3 is 1.78 bits per heavy atom. The van der Waals surface area contributed by atoms with E-state index in [-0.39, 0.29) is 24.1 Å². The Morgan fingerprint density at radius 1 is 0.844 bits per heavy atom. The van der Waals surface area contributed by atoms with E-state index in [0.29, 0.717) is 17.7 Å². The second-order valence-electron chi connectivity index (χ2n) is 9.80. The summed E-state index contributed by atoms with van der Waals surface area (Å²) in [6.45, 7) is 8.25. The number of hydrogen-bond donors (Lipinski definition) is 1.